The molecule has 0 aliphatic heterocycles. The SMILES string of the molecule is c1ccc(-c2ccc(N(c3ccc(C4(c5ccccc5)c5ccccc5-c5ccccc54)cc3)c3cccc4ccc5oc6ccc(-c7ccccc7)cc6c5c34)cc2)cc1. The first-order chi connectivity index (χ1) is 30.3. The van der Waals surface area contributed by atoms with E-state index in [0.717, 1.165) is 55.3 Å². The second kappa shape index (κ2) is 14.1. The summed E-state index contributed by atoms with van der Waals surface area (Å²) in [7, 11) is 0. The van der Waals surface area contributed by atoms with Gasteiger partial charge in [0.05, 0.1) is 11.1 Å². The minimum atomic E-state index is -0.479. The minimum Gasteiger partial charge on any atom is -0.456 e. The van der Waals surface area contributed by atoms with E-state index in [4.69, 9.17) is 4.42 Å². The lowest BCUT2D eigenvalue weighted by Crippen LogP contribution is -2.28. The summed E-state index contributed by atoms with van der Waals surface area (Å²) in [6.07, 6.45) is 0. The fourth-order valence-corrected chi connectivity index (χ4v) is 10.1. The largest absolute Gasteiger partial charge is 0.456 e. The first-order valence-electron chi connectivity index (χ1n) is 21.0. The number of benzene rings is 10. The monoisotopic (exact) mass is 777 g/mol. The Labute approximate surface area is 355 Å². The van der Waals surface area contributed by atoms with Gasteiger partial charge in [-0.1, -0.05) is 188 Å². The van der Waals surface area contributed by atoms with E-state index in [1.165, 1.54) is 50.1 Å². The van der Waals surface area contributed by atoms with Gasteiger partial charge in [0, 0.05) is 27.5 Å². The number of furan rings is 1. The zero-order chi connectivity index (χ0) is 40.3. The summed E-state index contributed by atoms with van der Waals surface area (Å²) in [4.78, 5) is 2.42. The van der Waals surface area contributed by atoms with E-state index in [9.17, 15) is 0 Å². The molecule has 286 valence electrons. The van der Waals surface area contributed by atoms with Crippen LogP contribution in [0.4, 0.5) is 17.1 Å². The Bertz CT molecular complexity index is 3340. The van der Waals surface area contributed by atoms with Gasteiger partial charge < -0.3 is 9.32 Å². The molecule has 10 aromatic carbocycles. The maximum Gasteiger partial charge on any atom is 0.136 e. The van der Waals surface area contributed by atoms with Gasteiger partial charge in [0.25, 0.3) is 0 Å². The summed E-state index contributed by atoms with van der Waals surface area (Å²) >= 11 is 0. The van der Waals surface area contributed by atoms with Crippen molar-refractivity contribution < 1.29 is 4.42 Å². The van der Waals surface area contributed by atoms with Crippen molar-refractivity contribution >= 4 is 49.8 Å². The van der Waals surface area contributed by atoms with Crippen molar-refractivity contribution in [1.82, 2.24) is 0 Å². The van der Waals surface area contributed by atoms with Crippen LogP contribution in [0.25, 0.3) is 66.1 Å². The van der Waals surface area contributed by atoms with Crippen LogP contribution in [0, 0.1) is 0 Å². The molecule has 0 N–H and O–H groups in total. The van der Waals surface area contributed by atoms with Crippen LogP contribution in [0.2, 0.25) is 0 Å². The van der Waals surface area contributed by atoms with Crippen LogP contribution >= 0.6 is 0 Å². The topological polar surface area (TPSA) is 16.4 Å². The van der Waals surface area contributed by atoms with Gasteiger partial charge in [-0.3, -0.25) is 0 Å². The van der Waals surface area contributed by atoms with E-state index in [1.807, 2.05) is 0 Å². The molecule has 61 heavy (non-hydrogen) atoms. The molecule has 2 nitrogen and oxygen atoms in total. The third-order valence-electron chi connectivity index (χ3n) is 12.8. The van der Waals surface area contributed by atoms with Crippen LogP contribution in [0.3, 0.4) is 0 Å². The molecule has 11 aromatic rings. The summed E-state index contributed by atoms with van der Waals surface area (Å²) in [5, 5.41) is 4.53. The van der Waals surface area contributed by atoms with Crippen LogP contribution in [0.15, 0.2) is 241 Å². The van der Waals surface area contributed by atoms with Crippen molar-refractivity contribution in [2.24, 2.45) is 0 Å². The molecule has 12 rings (SSSR count). The Hall–Kier alpha value is -7.94. The molecule has 0 unspecified atom stereocenters. The normalized spacial score (nSPS) is 12.7. The molecule has 0 radical (unpaired) electrons. The van der Waals surface area contributed by atoms with Gasteiger partial charge in [0.15, 0.2) is 0 Å². The standard InChI is InChI=1S/C59H39NO/c1-4-15-40(16-5-1)42-27-33-47(34-28-42)60(54-26-14-19-43-29-38-56-58(57(43)54)51-39-44(30-37-55(51)61-56)41-17-6-2-7-18-41)48-35-31-46(32-36-48)59(45-20-8-3-9-21-45)52-24-12-10-22-49(52)50-23-11-13-25-53(50)59/h1-39H. The van der Waals surface area contributed by atoms with E-state index in [2.05, 4.69) is 241 Å². The van der Waals surface area contributed by atoms with Gasteiger partial charge in [0.1, 0.15) is 11.2 Å². The lowest BCUT2D eigenvalue weighted by molar-refractivity contribution is 0.669. The highest BCUT2D eigenvalue weighted by atomic mass is 16.3. The maximum absolute atomic E-state index is 6.63. The second-order valence-corrected chi connectivity index (χ2v) is 16.0. The third-order valence-corrected chi connectivity index (χ3v) is 12.8. The van der Waals surface area contributed by atoms with E-state index in [-0.39, 0.29) is 0 Å². The average molecular weight is 778 g/mol. The van der Waals surface area contributed by atoms with Crippen molar-refractivity contribution in [3.05, 3.63) is 259 Å². The second-order valence-electron chi connectivity index (χ2n) is 16.0. The van der Waals surface area contributed by atoms with E-state index < -0.39 is 5.41 Å². The van der Waals surface area contributed by atoms with Crippen molar-refractivity contribution in [3.8, 4) is 33.4 Å². The van der Waals surface area contributed by atoms with Gasteiger partial charge in [-0.25, -0.2) is 0 Å². The molecule has 2 heteroatoms. The van der Waals surface area contributed by atoms with Gasteiger partial charge in [0.2, 0.25) is 0 Å². The molecule has 0 saturated carbocycles. The molecule has 0 bridgehead atoms. The van der Waals surface area contributed by atoms with Crippen molar-refractivity contribution in [3.63, 3.8) is 0 Å². The smallest absolute Gasteiger partial charge is 0.136 e. The number of anilines is 3. The Morgan fingerprint density at radius 3 is 1.51 bits per heavy atom. The van der Waals surface area contributed by atoms with Crippen molar-refractivity contribution in [2.45, 2.75) is 5.41 Å². The van der Waals surface area contributed by atoms with Crippen LogP contribution in [-0.4, -0.2) is 0 Å². The Kier molecular flexibility index (Phi) is 8.11. The van der Waals surface area contributed by atoms with Gasteiger partial charge in [-0.05, 0) is 110 Å². The van der Waals surface area contributed by atoms with E-state index >= 15 is 0 Å². The zero-order valence-corrected chi connectivity index (χ0v) is 33.4. The zero-order valence-electron chi connectivity index (χ0n) is 33.4. The molecule has 0 amide bonds. The van der Waals surface area contributed by atoms with Gasteiger partial charge in [-0.2, -0.15) is 0 Å². The minimum absolute atomic E-state index is 0.479. The van der Waals surface area contributed by atoms with Gasteiger partial charge in [-0.15, -0.1) is 0 Å². The Morgan fingerprint density at radius 1 is 0.344 bits per heavy atom. The molecular formula is C59H39NO. The molecule has 0 spiro atoms. The first-order valence-corrected chi connectivity index (χ1v) is 21.0. The number of hydrogen-bond donors (Lipinski definition) is 0. The molecule has 1 heterocycles. The summed E-state index contributed by atoms with van der Waals surface area (Å²) in [6, 6.07) is 85.9. The molecule has 1 aliphatic rings. The quantitative estimate of drug-likeness (QED) is 0.160. The van der Waals surface area contributed by atoms with Crippen molar-refractivity contribution in [2.75, 3.05) is 4.90 Å². The highest BCUT2D eigenvalue weighted by Crippen LogP contribution is 2.56. The predicted octanol–water partition coefficient (Wildman–Crippen LogP) is 15.9. The summed E-state index contributed by atoms with van der Waals surface area (Å²) in [5.74, 6) is 0. The van der Waals surface area contributed by atoms with E-state index in [0.29, 0.717) is 0 Å². The van der Waals surface area contributed by atoms with Gasteiger partial charge >= 0.3 is 0 Å². The number of hydrogen-bond acceptors (Lipinski definition) is 2. The summed E-state index contributed by atoms with van der Waals surface area (Å²) < 4.78 is 6.63. The Morgan fingerprint density at radius 2 is 0.852 bits per heavy atom. The van der Waals surface area contributed by atoms with Crippen LogP contribution in [0.5, 0.6) is 0 Å². The number of fused-ring (bicyclic) bond motifs is 8. The molecule has 0 saturated heterocycles. The maximum atomic E-state index is 6.63. The summed E-state index contributed by atoms with van der Waals surface area (Å²) in [6.45, 7) is 0. The molecule has 0 atom stereocenters. The average Bonchev–Trinajstić information content (AvgIpc) is 3.87. The molecule has 1 aliphatic carbocycles. The fraction of sp³-hybridized carbons (Fsp3) is 0.0169. The third kappa shape index (κ3) is 5.50. The van der Waals surface area contributed by atoms with Crippen LogP contribution in [-0.2, 0) is 5.41 Å². The molecular weight excluding hydrogens is 739 g/mol. The lowest BCUT2D eigenvalue weighted by atomic mass is 9.68. The van der Waals surface area contributed by atoms with Crippen LogP contribution < -0.4 is 4.90 Å². The predicted molar refractivity (Wildman–Crippen MR) is 254 cm³/mol. The highest BCUT2D eigenvalue weighted by Gasteiger charge is 2.45. The van der Waals surface area contributed by atoms with E-state index in [1.54, 1.807) is 0 Å². The van der Waals surface area contributed by atoms with Crippen LogP contribution in [0.1, 0.15) is 22.3 Å². The van der Waals surface area contributed by atoms with Crippen molar-refractivity contribution in [1.29, 1.82) is 0 Å². The molecule has 1 aromatic heterocycles. The number of nitrogens with zero attached hydrogens (tertiary/aromatic N) is 1. The fourth-order valence-electron chi connectivity index (χ4n) is 10.1. The summed E-state index contributed by atoms with van der Waals surface area (Å²) in [5.41, 5.74) is 16.9. The highest BCUT2D eigenvalue weighted by molar-refractivity contribution is 6.23. The Balaban J connectivity index is 1.09. The lowest BCUT2D eigenvalue weighted by Gasteiger charge is -2.34. The number of rotatable bonds is 7. The molecule has 0 fully saturated rings. The first kappa shape index (κ1) is 35.0.